The first-order valence-electron chi connectivity index (χ1n) is 7.58. The standard InChI is InChI=1S/C18H19BrN2O4S/c1-10-5-6-13(12(19)7-10)20-18(26)21-17(22)11-8-14(23-2)16(25-4)15(9-11)24-3/h5-9H,1-4H3,(H2,20,21,22,26). The quantitative estimate of drug-likeness (QED) is 0.689. The molecule has 0 saturated carbocycles. The largest absolute Gasteiger partial charge is 0.493 e. The van der Waals surface area contributed by atoms with Crippen molar-refractivity contribution in [1.82, 2.24) is 5.32 Å². The highest BCUT2D eigenvalue weighted by atomic mass is 79.9. The molecular formula is C18H19BrN2O4S. The summed E-state index contributed by atoms with van der Waals surface area (Å²) < 4.78 is 16.6. The molecule has 6 nitrogen and oxygen atoms in total. The van der Waals surface area contributed by atoms with E-state index in [1.54, 1.807) is 12.1 Å². The van der Waals surface area contributed by atoms with Crippen LogP contribution in [-0.4, -0.2) is 32.3 Å². The first-order valence-corrected chi connectivity index (χ1v) is 8.78. The SMILES string of the molecule is COc1cc(C(=O)NC(=S)Nc2ccc(C)cc2Br)cc(OC)c1OC. The number of thiocarbonyl (C=S) groups is 1. The molecule has 26 heavy (non-hydrogen) atoms. The van der Waals surface area contributed by atoms with Crippen molar-refractivity contribution in [2.24, 2.45) is 0 Å². The van der Waals surface area contributed by atoms with E-state index >= 15 is 0 Å². The number of methoxy groups -OCH3 is 3. The number of carbonyl (C=O) groups excluding carboxylic acids is 1. The van der Waals surface area contributed by atoms with Gasteiger partial charge in [-0.1, -0.05) is 6.07 Å². The van der Waals surface area contributed by atoms with E-state index < -0.39 is 5.91 Å². The van der Waals surface area contributed by atoms with Crippen molar-refractivity contribution in [2.75, 3.05) is 26.6 Å². The van der Waals surface area contributed by atoms with E-state index in [4.69, 9.17) is 26.4 Å². The van der Waals surface area contributed by atoms with Gasteiger partial charge in [0.25, 0.3) is 5.91 Å². The molecule has 0 radical (unpaired) electrons. The fourth-order valence-electron chi connectivity index (χ4n) is 2.26. The van der Waals surface area contributed by atoms with Crippen LogP contribution in [0.1, 0.15) is 15.9 Å². The molecule has 2 aromatic rings. The van der Waals surface area contributed by atoms with Gasteiger partial charge in [0.15, 0.2) is 16.6 Å². The van der Waals surface area contributed by atoms with Gasteiger partial charge < -0.3 is 19.5 Å². The topological polar surface area (TPSA) is 68.8 Å². The highest BCUT2D eigenvalue weighted by Gasteiger charge is 2.17. The number of hydrogen-bond donors (Lipinski definition) is 2. The van der Waals surface area contributed by atoms with Crippen molar-refractivity contribution in [1.29, 1.82) is 0 Å². The summed E-state index contributed by atoms with van der Waals surface area (Å²) in [5.74, 6) is 0.787. The number of ether oxygens (including phenoxy) is 3. The lowest BCUT2D eigenvalue weighted by atomic mass is 10.1. The van der Waals surface area contributed by atoms with E-state index in [0.717, 1.165) is 15.7 Å². The number of amides is 1. The van der Waals surface area contributed by atoms with E-state index in [9.17, 15) is 4.79 Å². The molecule has 0 unspecified atom stereocenters. The minimum Gasteiger partial charge on any atom is -0.493 e. The maximum atomic E-state index is 12.5. The first-order chi connectivity index (χ1) is 12.4. The molecule has 2 rings (SSSR count). The molecule has 0 fully saturated rings. The molecule has 0 saturated heterocycles. The highest BCUT2D eigenvalue weighted by molar-refractivity contribution is 9.10. The van der Waals surface area contributed by atoms with Crippen LogP contribution < -0.4 is 24.8 Å². The van der Waals surface area contributed by atoms with E-state index in [-0.39, 0.29) is 5.11 Å². The third-order valence-corrected chi connectivity index (χ3v) is 4.39. The second-order valence-corrected chi connectivity index (χ2v) is 6.57. The molecule has 0 aliphatic rings. The Morgan fingerprint density at radius 3 is 2.15 bits per heavy atom. The number of halogens is 1. The molecule has 0 spiro atoms. The van der Waals surface area contributed by atoms with Gasteiger partial charge in [0, 0.05) is 10.0 Å². The van der Waals surface area contributed by atoms with Crippen LogP contribution in [0.3, 0.4) is 0 Å². The van der Waals surface area contributed by atoms with Crippen molar-refractivity contribution >= 4 is 44.9 Å². The van der Waals surface area contributed by atoms with Crippen molar-refractivity contribution in [2.45, 2.75) is 6.92 Å². The summed E-state index contributed by atoms with van der Waals surface area (Å²) in [5, 5.41) is 5.79. The molecular weight excluding hydrogens is 420 g/mol. The van der Waals surface area contributed by atoms with E-state index in [0.29, 0.717) is 22.8 Å². The highest BCUT2D eigenvalue weighted by Crippen LogP contribution is 2.38. The average Bonchev–Trinajstić information content (AvgIpc) is 2.62. The first kappa shape index (κ1) is 20.0. The molecule has 0 aromatic heterocycles. The summed E-state index contributed by atoms with van der Waals surface area (Å²) >= 11 is 8.68. The maximum Gasteiger partial charge on any atom is 0.257 e. The minimum atomic E-state index is -0.398. The Morgan fingerprint density at radius 1 is 1.04 bits per heavy atom. The van der Waals surface area contributed by atoms with Gasteiger partial charge in [-0.15, -0.1) is 0 Å². The number of benzene rings is 2. The van der Waals surface area contributed by atoms with Crippen molar-refractivity contribution in [3.63, 3.8) is 0 Å². The van der Waals surface area contributed by atoms with Gasteiger partial charge in [-0.3, -0.25) is 10.1 Å². The van der Waals surface area contributed by atoms with Crippen LogP contribution in [0.4, 0.5) is 5.69 Å². The van der Waals surface area contributed by atoms with Crippen molar-refractivity contribution in [3.8, 4) is 17.2 Å². The number of anilines is 1. The van der Waals surface area contributed by atoms with Gasteiger partial charge in [0.05, 0.1) is 27.0 Å². The molecule has 0 aliphatic heterocycles. The van der Waals surface area contributed by atoms with Gasteiger partial charge in [-0.05, 0) is 64.9 Å². The number of carbonyl (C=O) groups is 1. The van der Waals surface area contributed by atoms with E-state index in [1.807, 2.05) is 25.1 Å². The third-order valence-electron chi connectivity index (χ3n) is 3.53. The summed E-state index contributed by atoms with van der Waals surface area (Å²) in [5.41, 5.74) is 2.19. The lowest BCUT2D eigenvalue weighted by Gasteiger charge is -2.15. The Balaban J connectivity index is 2.17. The van der Waals surface area contributed by atoms with Gasteiger partial charge in [0.2, 0.25) is 5.75 Å². The van der Waals surface area contributed by atoms with Gasteiger partial charge in [0.1, 0.15) is 0 Å². The number of nitrogens with one attached hydrogen (secondary N) is 2. The van der Waals surface area contributed by atoms with Crippen LogP contribution in [0.2, 0.25) is 0 Å². The minimum absolute atomic E-state index is 0.174. The monoisotopic (exact) mass is 438 g/mol. The second-order valence-electron chi connectivity index (χ2n) is 5.31. The predicted octanol–water partition coefficient (Wildman–Crippen LogP) is 3.91. The van der Waals surface area contributed by atoms with Crippen molar-refractivity contribution < 1.29 is 19.0 Å². The second kappa shape index (κ2) is 8.86. The van der Waals surface area contributed by atoms with Crippen LogP contribution in [0.5, 0.6) is 17.2 Å². The van der Waals surface area contributed by atoms with E-state index in [2.05, 4.69) is 26.6 Å². The summed E-state index contributed by atoms with van der Waals surface area (Å²) in [6.45, 7) is 1.99. The average molecular weight is 439 g/mol. The molecule has 2 N–H and O–H groups in total. The van der Waals surface area contributed by atoms with Gasteiger partial charge in [-0.2, -0.15) is 0 Å². The predicted molar refractivity (Wildman–Crippen MR) is 109 cm³/mol. The summed E-state index contributed by atoms with van der Waals surface area (Å²) in [6.07, 6.45) is 0. The van der Waals surface area contributed by atoms with Crippen LogP contribution in [0.25, 0.3) is 0 Å². The van der Waals surface area contributed by atoms with Crippen molar-refractivity contribution in [3.05, 3.63) is 45.9 Å². The Kier molecular flexibility index (Phi) is 6.82. The smallest absolute Gasteiger partial charge is 0.257 e. The molecule has 2 aromatic carbocycles. The molecule has 0 bridgehead atoms. The fraction of sp³-hybridized carbons (Fsp3) is 0.222. The van der Waals surface area contributed by atoms with Gasteiger partial charge in [-0.25, -0.2) is 0 Å². The zero-order chi connectivity index (χ0) is 19.3. The zero-order valence-corrected chi connectivity index (χ0v) is 17.2. The third kappa shape index (κ3) is 4.64. The summed E-state index contributed by atoms with van der Waals surface area (Å²) in [6, 6.07) is 8.88. The number of aryl methyl sites for hydroxylation is 1. The van der Waals surface area contributed by atoms with Gasteiger partial charge >= 0.3 is 0 Å². The molecule has 1 amide bonds. The molecule has 138 valence electrons. The Hall–Kier alpha value is -2.32. The summed E-state index contributed by atoms with van der Waals surface area (Å²) in [4.78, 5) is 12.5. The fourth-order valence-corrected chi connectivity index (χ4v) is 3.06. The number of rotatable bonds is 5. The maximum absolute atomic E-state index is 12.5. The Labute approximate surface area is 166 Å². The lowest BCUT2D eigenvalue weighted by Crippen LogP contribution is -2.34. The van der Waals surface area contributed by atoms with Crippen LogP contribution in [0, 0.1) is 6.92 Å². The molecule has 8 heteroatoms. The normalized spacial score (nSPS) is 10.0. The van der Waals surface area contributed by atoms with Crippen LogP contribution in [0.15, 0.2) is 34.8 Å². The summed E-state index contributed by atoms with van der Waals surface area (Å²) in [7, 11) is 4.47. The Morgan fingerprint density at radius 2 is 1.65 bits per heavy atom. The molecule has 0 heterocycles. The zero-order valence-electron chi connectivity index (χ0n) is 14.8. The lowest BCUT2D eigenvalue weighted by molar-refractivity contribution is 0.0977. The van der Waals surface area contributed by atoms with E-state index in [1.165, 1.54) is 21.3 Å². The van der Waals surface area contributed by atoms with Crippen LogP contribution in [-0.2, 0) is 0 Å². The molecule has 0 aliphatic carbocycles. The molecule has 0 atom stereocenters. The Bertz CT molecular complexity index is 817. The van der Waals surface area contributed by atoms with Crippen LogP contribution >= 0.6 is 28.1 Å². The number of hydrogen-bond acceptors (Lipinski definition) is 5.